The Morgan fingerprint density at radius 2 is 2.05 bits per heavy atom. The first-order chi connectivity index (χ1) is 9.32. The van der Waals surface area contributed by atoms with Gasteiger partial charge in [-0.2, -0.15) is 4.98 Å². The summed E-state index contributed by atoms with van der Waals surface area (Å²) in [5.41, 5.74) is 6.67. The predicted molar refractivity (Wildman–Crippen MR) is 77.7 cm³/mol. The summed E-state index contributed by atoms with van der Waals surface area (Å²) < 4.78 is 10.5. The Labute approximate surface area is 123 Å². The fourth-order valence-electron chi connectivity index (χ4n) is 1.69. The number of hydrogen-bond donors (Lipinski definition) is 1. The summed E-state index contributed by atoms with van der Waals surface area (Å²) in [6.45, 7) is 6.05. The van der Waals surface area contributed by atoms with Crippen LogP contribution < -0.4 is 10.5 Å². The molecule has 0 spiro atoms. The molecule has 0 radical (unpaired) electrons. The van der Waals surface area contributed by atoms with Crippen molar-refractivity contribution in [3.05, 3.63) is 29.1 Å². The van der Waals surface area contributed by atoms with Crippen LogP contribution in [0.1, 0.15) is 32.7 Å². The number of benzene rings is 1. The van der Waals surface area contributed by atoms with Crippen molar-refractivity contribution >= 4 is 11.6 Å². The maximum Gasteiger partial charge on any atom is 0.244 e. The molecule has 0 aliphatic rings. The Balaban J connectivity index is 2.39. The van der Waals surface area contributed by atoms with E-state index in [1.807, 2.05) is 20.8 Å². The number of rotatable bonds is 3. The Hall–Kier alpha value is -1.59. The van der Waals surface area contributed by atoms with E-state index in [4.69, 9.17) is 26.6 Å². The molecule has 5 nitrogen and oxygen atoms in total. The minimum atomic E-state index is -0.331. The lowest BCUT2D eigenvalue weighted by molar-refractivity contribution is 0.253. The van der Waals surface area contributed by atoms with Gasteiger partial charge in [-0.25, -0.2) is 0 Å². The lowest BCUT2D eigenvalue weighted by Crippen LogP contribution is -2.26. The minimum Gasteiger partial charge on any atom is -0.496 e. The maximum absolute atomic E-state index is 6.11. The van der Waals surface area contributed by atoms with Gasteiger partial charge in [0.1, 0.15) is 5.75 Å². The molecule has 1 atom stereocenters. The Kier molecular flexibility index (Phi) is 4.01. The zero-order valence-corrected chi connectivity index (χ0v) is 12.7. The second kappa shape index (κ2) is 5.42. The third kappa shape index (κ3) is 2.94. The quantitative estimate of drug-likeness (QED) is 0.939. The molecule has 2 rings (SSSR count). The zero-order chi connectivity index (χ0) is 14.9. The number of halogens is 1. The normalized spacial score (nSPS) is 13.3. The van der Waals surface area contributed by atoms with Gasteiger partial charge in [0.25, 0.3) is 0 Å². The summed E-state index contributed by atoms with van der Waals surface area (Å²) in [6.07, 6.45) is 0. The summed E-state index contributed by atoms with van der Waals surface area (Å²) in [7, 11) is 1.57. The topological polar surface area (TPSA) is 74.2 Å². The van der Waals surface area contributed by atoms with Crippen molar-refractivity contribution in [2.45, 2.75) is 26.8 Å². The van der Waals surface area contributed by atoms with Crippen LogP contribution in [0.25, 0.3) is 11.4 Å². The fraction of sp³-hybridized carbons (Fsp3) is 0.429. The molecule has 1 aromatic carbocycles. The Morgan fingerprint density at radius 3 is 2.65 bits per heavy atom. The van der Waals surface area contributed by atoms with E-state index in [-0.39, 0.29) is 11.5 Å². The van der Waals surface area contributed by atoms with E-state index in [1.165, 1.54) is 0 Å². The number of ether oxygens (including phenoxy) is 1. The van der Waals surface area contributed by atoms with E-state index in [0.29, 0.717) is 28.1 Å². The molecule has 0 bridgehead atoms. The maximum atomic E-state index is 6.11. The third-order valence-corrected chi connectivity index (χ3v) is 3.28. The van der Waals surface area contributed by atoms with Crippen LogP contribution in [-0.4, -0.2) is 17.3 Å². The Morgan fingerprint density at radius 1 is 1.35 bits per heavy atom. The third-order valence-electron chi connectivity index (χ3n) is 3.05. The fourth-order valence-corrected chi connectivity index (χ4v) is 1.85. The highest BCUT2D eigenvalue weighted by molar-refractivity contribution is 6.30. The first kappa shape index (κ1) is 14.8. The molecule has 0 amide bonds. The summed E-state index contributed by atoms with van der Waals surface area (Å²) in [6, 6.07) is 4.91. The van der Waals surface area contributed by atoms with Crippen LogP contribution in [0, 0.1) is 5.41 Å². The van der Waals surface area contributed by atoms with Gasteiger partial charge in [0.05, 0.1) is 18.7 Å². The van der Waals surface area contributed by atoms with E-state index in [0.717, 1.165) is 0 Å². The molecule has 0 aliphatic heterocycles. The molecular formula is C14H18ClN3O2. The van der Waals surface area contributed by atoms with Crippen LogP contribution in [0.4, 0.5) is 0 Å². The van der Waals surface area contributed by atoms with Gasteiger partial charge >= 0.3 is 0 Å². The van der Waals surface area contributed by atoms with Crippen molar-refractivity contribution in [1.29, 1.82) is 0 Å². The predicted octanol–water partition coefficient (Wildman–Crippen LogP) is 3.44. The lowest BCUT2D eigenvalue weighted by Gasteiger charge is -2.23. The molecule has 20 heavy (non-hydrogen) atoms. The summed E-state index contributed by atoms with van der Waals surface area (Å²) in [5.74, 6) is 1.44. The van der Waals surface area contributed by atoms with Gasteiger partial charge in [-0.3, -0.25) is 0 Å². The highest BCUT2D eigenvalue weighted by Crippen LogP contribution is 2.33. The molecule has 0 saturated carbocycles. The SMILES string of the molecule is COc1cc(Cl)ccc1-c1noc(C(N)C(C)(C)C)n1. The van der Waals surface area contributed by atoms with Crippen LogP contribution in [-0.2, 0) is 0 Å². The van der Waals surface area contributed by atoms with Crippen molar-refractivity contribution in [1.82, 2.24) is 10.1 Å². The molecule has 2 aromatic rings. The van der Waals surface area contributed by atoms with Crippen molar-refractivity contribution in [2.75, 3.05) is 7.11 Å². The molecule has 2 N–H and O–H groups in total. The molecule has 1 aromatic heterocycles. The molecule has 0 saturated heterocycles. The highest BCUT2D eigenvalue weighted by atomic mass is 35.5. The standard InChI is InChI=1S/C14H18ClN3O2/c1-14(2,3)11(16)13-17-12(18-20-13)9-6-5-8(15)7-10(9)19-4/h5-7,11H,16H2,1-4H3. The van der Waals surface area contributed by atoms with Crippen LogP contribution in [0.3, 0.4) is 0 Å². The number of nitrogens with zero attached hydrogens (tertiary/aromatic N) is 2. The van der Waals surface area contributed by atoms with Crippen LogP contribution in [0.5, 0.6) is 5.75 Å². The molecule has 0 fully saturated rings. The zero-order valence-electron chi connectivity index (χ0n) is 12.0. The molecule has 1 unspecified atom stereocenters. The largest absolute Gasteiger partial charge is 0.496 e. The lowest BCUT2D eigenvalue weighted by atomic mass is 9.87. The average molecular weight is 296 g/mol. The number of methoxy groups -OCH3 is 1. The second-order valence-electron chi connectivity index (χ2n) is 5.64. The van der Waals surface area contributed by atoms with E-state index >= 15 is 0 Å². The number of nitrogens with two attached hydrogens (primary N) is 1. The average Bonchev–Trinajstić information content (AvgIpc) is 2.85. The highest BCUT2D eigenvalue weighted by Gasteiger charge is 2.28. The monoisotopic (exact) mass is 295 g/mol. The van der Waals surface area contributed by atoms with Crippen molar-refractivity contribution in [3.63, 3.8) is 0 Å². The van der Waals surface area contributed by atoms with Gasteiger partial charge in [0.2, 0.25) is 11.7 Å². The number of hydrogen-bond acceptors (Lipinski definition) is 5. The van der Waals surface area contributed by atoms with Crippen LogP contribution >= 0.6 is 11.6 Å². The van der Waals surface area contributed by atoms with Gasteiger partial charge in [-0.05, 0) is 23.6 Å². The van der Waals surface area contributed by atoms with E-state index in [2.05, 4.69) is 10.1 Å². The van der Waals surface area contributed by atoms with Crippen molar-refractivity contribution in [2.24, 2.45) is 11.1 Å². The van der Waals surface area contributed by atoms with Gasteiger partial charge in [0, 0.05) is 5.02 Å². The minimum absolute atomic E-state index is 0.159. The van der Waals surface area contributed by atoms with Gasteiger partial charge in [-0.1, -0.05) is 37.5 Å². The van der Waals surface area contributed by atoms with Crippen LogP contribution in [0.15, 0.2) is 22.7 Å². The Bertz CT molecular complexity index is 605. The van der Waals surface area contributed by atoms with E-state index in [9.17, 15) is 0 Å². The summed E-state index contributed by atoms with van der Waals surface area (Å²) >= 11 is 5.93. The van der Waals surface area contributed by atoms with Gasteiger partial charge in [-0.15, -0.1) is 0 Å². The molecular weight excluding hydrogens is 278 g/mol. The first-order valence-electron chi connectivity index (χ1n) is 6.26. The van der Waals surface area contributed by atoms with Gasteiger partial charge in [0.15, 0.2) is 0 Å². The molecule has 1 heterocycles. The van der Waals surface area contributed by atoms with Gasteiger partial charge < -0.3 is 15.0 Å². The van der Waals surface area contributed by atoms with Crippen molar-refractivity contribution in [3.8, 4) is 17.1 Å². The molecule has 0 aliphatic carbocycles. The van der Waals surface area contributed by atoms with Crippen LogP contribution in [0.2, 0.25) is 5.02 Å². The number of aromatic nitrogens is 2. The van der Waals surface area contributed by atoms with Crippen molar-refractivity contribution < 1.29 is 9.26 Å². The second-order valence-corrected chi connectivity index (χ2v) is 6.08. The molecule has 6 heteroatoms. The van der Waals surface area contributed by atoms with E-state index in [1.54, 1.807) is 25.3 Å². The smallest absolute Gasteiger partial charge is 0.244 e. The summed E-state index contributed by atoms with van der Waals surface area (Å²) in [5, 5.41) is 4.55. The first-order valence-corrected chi connectivity index (χ1v) is 6.64. The summed E-state index contributed by atoms with van der Waals surface area (Å²) in [4.78, 5) is 4.36. The molecule has 108 valence electrons. The van der Waals surface area contributed by atoms with E-state index < -0.39 is 0 Å².